The lowest BCUT2D eigenvalue weighted by molar-refractivity contribution is -0.348. The van der Waals surface area contributed by atoms with Crippen LogP contribution >= 0.6 is 0 Å². The molecule has 0 spiro atoms. The molecule has 1 amide bonds. The van der Waals surface area contributed by atoms with Crippen LogP contribution in [-0.4, -0.2) is 60.9 Å². The lowest BCUT2D eigenvalue weighted by atomic mass is 9.73. The largest absolute Gasteiger partial charge is 0.481 e. The molecule has 5 rings (SSSR count). The van der Waals surface area contributed by atoms with Gasteiger partial charge in [-0.25, -0.2) is 21.6 Å². The third-order valence-corrected chi connectivity index (χ3v) is 12.5. The summed E-state index contributed by atoms with van der Waals surface area (Å²) in [5, 5.41) is 9.29. The van der Waals surface area contributed by atoms with Gasteiger partial charge in [0.25, 0.3) is 5.91 Å². The van der Waals surface area contributed by atoms with Gasteiger partial charge in [0, 0.05) is 12.1 Å². The summed E-state index contributed by atoms with van der Waals surface area (Å²) >= 11 is 0. The van der Waals surface area contributed by atoms with Crippen molar-refractivity contribution >= 4 is 21.7 Å². The predicted octanol–water partition coefficient (Wildman–Crippen LogP) is 6.56. The average molecular weight is 686 g/mol. The van der Waals surface area contributed by atoms with Crippen LogP contribution in [0.2, 0.25) is 0 Å². The zero-order valence-corrected chi connectivity index (χ0v) is 24.9. The normalized spacial score (nSPS) is 28.8. The molecule has 2 aromatic rings. The summed E-state index contributed by atoms with van der Waals surface area (Å²) in [7, 11) is -4.78. The highest BCUT2D eigenvalue weighted by Gasteiger charge is 2.74. The summed E-state index contributed by atoms with van der Waals surface area (Å²) in [6.07, 6.45) is -14.9. The molecule has 0 radical (unpaired) electrons. The standard InChI is InChI=1S/C30H28F9NO5S/c1-16-15-40(25(43)26(32)12-10-17(11-13-26)24(41)42)23-9-2-18-14-19(28(33,29(34,35)36)30(37,38)39)3-8-22(18)27(16,23)46(44,45)21-6-4-20(31)5-7-21/h3-8,14,16-17,23H,2,9-13,15H2,1H3,(H,41,42)/t16-,17?,23?,26?,27?/m0/s1. The number of aliphatic carboxylic acids is 1. The smallest absolute Gasteiger partial charge is 0.435 e. The van der Waals surface area contributed by atoms with E-state index in [2.05, 4.69) is 0 Å². The van der Waals surface area contributed by atoms with E-state index in [1.54, 1.807) is 0 Å². The van der Waals surface area contributed by atoms with Gasteiger partial charge in [0.05, 0.1) is 16.9 Å². The first-order chi connectivity index (χ1) is 21.1. The number of alkyl halides is 8. The molecular formula is C30H28F9NO5S. The van der Waals surface area contributed by atoms with Gasteiger partial charge in [0.1, 0.15) is 10.6 Å². The summed E-state index contributed by atoms with van der Waals surface area (Å²) in [6, 6.07) is 3.33. The summed E-state index contributed by atoms with van der Waals surface area (Å²) in [5.74, 6) is -5.11. The number of nitrogens with zero attached hydrogens (tertiary/aromatic N) is 1. The Hall–Kier alpha value is -3.30. The number of aryl methyl sites for hydroxylation is 1. The third-order valence-electron chi connectivity index (χ3n) is 9.81. The van der Waals surface area contributed by atoms with Gasteiger partial charge < -0.3 is 10.0 Å². The number of rotatable bonds is 5. The van der Waals surface area contributed by atoms with Crippen LogP contribution < -0.4 is 0 Å². The Bertz CT molecular complexity index is 1640. The molecule has 1 saturated carbocycles. The second-order valence-corrected chi connectivity index (χ2v) is 14.4. The highest BCUT2D eigenvalue weighted by Crippen LogP contribution is 2.58. The highest BCUT2D eigenvalue weighted by atomic mass is 32.2. The van der Waals surface area contributed by atoms with Crippen LogP contribution in [0, 0.1) is 17.7 Å². The molecule has 1 heterocycles. The Balaban J connectivity index is 1.68. The predicted molar refractivity (Wildman–Crippen MR) is 143 cm³/mol. The zero-order valence-electron chi connectivity index (χ0n) is 24.1. The fourth-order valence-electron chi connectivity index (χ4n) is 7.52. The van der Waals surface area contributed by atoms with Crippen molar-refractivity contribution in [3.8, 4) is 0 Å². The van der Waals surface area contributed by atoms with Crippen molar-refractivity contribution in [3.05, 3.63) is 65.0 Å². The van der Waals surface area contributed by atoms with E-state index >= 15 is 8.78 Å². The van der Waals surface area contributed by atoms with Crippen LogP contribution in [0.5, 0.6) is 0 Å². The molecule has 3 aliphatic rings. The quantitative estimate of drug-likeness (QED) is 0.285. The van der Waals surface area contributed by atoms with E-state index in [9.17, 15) is 53.8 Å². The number of fused-ring (bicyclic) bond motifs is 3. The Morgan fingerprint density at radius 1 is 0.913 bits per heavy atom. The van der Waals surface area contributed by atoms with E-state index in [4.69, 9.17) is 0 Å². The molecule has 2 unspecified atom stereocenters. The van der Waals surface area contributed by atoms with E-state index in [-0.39, 0.29) is 36.5 Å². The summed E-state index contributed by atoms with van der Waals surface area (Å²) in [6.45, 7) is 0.985. The van der Waals surface area contributed by atoms with Gasteiger partial charge in [0.15, 0.2) is 15.5 Å². The molecule has 252 valence electrons. The fraction of sp³-hybridized carbons (Fsp3) is 0.533. The molecule has 2 fully saturated rings. The maximum absolute atomic E-state index is 16.2. The number of carbonyl (C=O) groups is 2. The van der Waals surface area contributed by atoms with Crippen molar-refractivity contribution in [1.82, 2.24) is 4.90 Å². The summed E-state index contributed by atoms with van der Waals surface area (Å²) in [4.78, 5) is 25.7. The molecule has 3 atom stereocenters. The van der Waals surface area contributed by atoms with Crippen LogP contribution in [-0.2, 0) is 36.3 Å². The van der Waals surface area contributed by atoms with Crippen molar-refractivity contribution in [1.29, 1.82) is 0 Å². The number of carbonyl (C=O) groups excluding carboxylic acids is 1. The van der Waals surface area contributed by atoms with E-state index in [1.165, 1.54) is 6.92 Å². The number of hydrogen-bond acceptors (Lipinski definition) is 4. The molecule has 6 nitrogen and oxygen atoms in total. The van der Waals surface area contributed by atoms with Crippen LogP contribution in [0.1, 0.15) is 55.7 Å². The van der Waals surface area contributed by atoms with Crippen LogP contribution in [0.15, 0.2) is 47.4 Å². The van der Waals surface area contributed by atoms with Gasteiger partial charge in [-0.2, -0.15) is 26.3 Å². The number of hydrogen-bond donors (Lipinski definition) is 1. The minimum Gasteiger partial charge on any atom is -0.481 e. The SMILES string of the molecule is C[C@H]1CN(C(=O)C2(F)CCC(C(=O)O)CC2)C2CCc3cc(C(F)(C(F)(F)F)C(F)(F)F)ccc3C21S(=O)(=O)c1ccc(F)cc1. The van der Waals surface area contributed by atoms with Gasteiger partial charge in [-0.15, -0.1) is 0 Å². The lowest BCUT2D eigenvalue weighted by Crippen LogP contribution is -2.57. The third kappa shape index (κ3) is 4.79. The number of likely N-dealkylation sites (tertiary alicyclic amines) is 1. The van der Waals surface area contributed by atoms with E-state index in [0.29, 0.717) is 12.1 Å². The Kier molecular flexibility index (Phi) is 8.05. The van der Waals surface area contributed by atoms with E-state index < -0.39 is 110 Å². The van der Waals surface area contributed by atoms with Crippen LogP contribution in [0.25, 0.3) is 0 Å². The molecule has 0 aromatic heterocycles. The van der Waals surface area contributed by atoms with Gasteiger partial charge in [-0.05, 0) is 79.8 Å². The average Bonchev–Trinajstić information content (AvgIpc) is 3.29. The van der Waals surface area contributed by atoms with Crippen molar-refractivity contribution < 1.29 is 62.6 Å². The maximum atomic E-state index is 16.2. The molecule has 2 aromatic carbocycles. The lowest BCUT2D eigenvalue weighted by Gasteiger charge is -2.45. The highest BCUT2D eigenvalue weighted by molar-refractivity contribution is 7.92. The Labute approximate surface area is 257 Å². The van der Waals surface area contributed by atoms with Crippen molar-refractivity contribution in [2.24, 2.45) is 11.8 Å². The second-order valence-electron chi connectivity index (χ2n) is 12.3. The summed E-state index contributed by atoms with van der Waals surface area (Å²) in [5.41, 5.74) is -10.8. The number of sulfone groups is 1. The molecule has 0 bridgehead atoms. The van der Waals surface area contributed by atoms with Gasteiger partial charge in [-0.1, -0.05) is 25.1 Å². The number of carboxylic acid groups (broad SMARTS) is 1. The van der Waals surface area contributed by atoms with Gasteiger partial charge >= 0.3 is 24.0 Å². The molecule has 1 saturated heterocycles. The first-order valence-electron chi connectivity index (χ1n) is 14.3. The Morgan fingerprint density at radius 2 is 1.48 bits per heavy atom. The number of carboxylic acids is 1. The van der Waals surface area contributed by atoms with Gasteiger partial charge in [-0.3, -0.25) is 9.59 Å². The monoisotopic (exact) mass is 685 g/mol. The number of halogens is 9. The Morgan fingerprint density at radius 3 is 2.00 bits per heavy atom. The zero-order chi connectivity index (χ0) is 34.3. The minimum absolute atomic E-state index is 0.167. The van der Waals surface area contributed by atoms with E-state index in [1.807, 2.05) is 0 Å². The fourth-order valence-corrected chi connectivity index (χ4v) is 10.1. The summed E-state index contributed by atoms with van der Waals surface area (Å²) < 4.78 is 154. The van der Waals surface area contributed by atoms with Crippen LogP contribution in [0.3, 0.4) is 0 Å². The second kappa shape index (κ2) is 10.9. The molecule has 1 aliphatic heterocycles. The molecule has 2 aliphatic carbocycles. The van der Waals surface area contributed by atoms with Gasteiger partial charge in [0.2, 0.25) is 0 Å². The van der Waals surface area contributed by atoms with E-state index in [0.717, 1.165) is 29.2 Å². The van der Waals surface area contributed by atoms with Crippen molar-refractivity contribution in [2.45, 2.75) is 84.8 Å². The number of benzene rings is 2. The molecule has 1 N–H and O–H groups in total. The molecular weight excluding hydrogens is 657 g/mol. The first kappa shape index (κ1) is 34.0. The van der Waals surface area contributed by atoms with Crippen LogP contribution in [0.4, 0.5) is 39.5 Å². The molecule has 46 heavy (non-hydrogen) atoms. The topological polar surface area (TPSA) is 91.8 Å². The number of amides is 1. The first-order valence-corrected chi connectivity index (χ1v) is 15.8. The molecule has 16 heteroatoms. The van der Waals surface area contributed by atoms with Crippen molar-refractivity contribution in [3.63, 3.8) is 0 Å². The minimum atomic E-state index is -6.42. The van der Waals surface area contributed by atoms with Crippen molar-refractivity contribution in [2.75, 3.05) is 6.54 Å². The maximum Gasteiger partial charge on any atom is 0.435 e.